The minimum absolute atomic E-state index is 0.109. The quantitative estimate of drug-likeness (QED) is 0.736. The van der Waals surface area contributed by atoms with Crippen molar-refractivity contribution in [1.82, 2.24) is 15.1 Å². The standard InChI is InChI=1S/C15H26BrN3O2/c1-4-8-17-14(15(21-3)6-5-7-15)13-12(16)11-18-19(13)9-10-20-2/h11,14,17H,4-10H2,1-3H3. The smallest absolute Gasteiger partial charge is 0.0888 e. The molecule has 0 saturated heterocycles. The van der Waals surface area contributed by atoms with Gasteiger partial charge in [-0.1, -0.05) is 6.92 Å². The molecule has 120 valence electrons. The van der Waals surface area contributed by atoms with Crippen LogP contribution in [0.15, 0.2) is 10.7 Å². The maximum atomic E-state index is 5.92. The van der Waals surface area contributed by atoms with Crippen LogP contribution in [0.3, 0.4) is 0 Å². The average Bonchev–Trinajstić information content (AvgIpc) is 2.80. The lowest BCUT2D eigenvalue weighted by atomic mass is 9.73. The number of hydrogen-bond donors (Lipinski definition) is 1. The molecule has 1 fully saturated rings. The zero-order valence-corrected chi connectivity index (χ0v) is 14.8. The van der Waals surface area contributed by atoms with Crippen LogP contribution in [-0.4, -0.2) is 42.8 Å². The first-order chi connectivity index (χ1) is 10.2. The second-order valence-corrected chi connectivity index (χ2v) is 6.46. The van der Waals surface area contributed by atoms with Crippen molar-refractivity contribution in [3.05, 3.63) is 16.4 Å². The van der Waals surface area contributed by atoms with Crippen molar-refractivity contribution in [3.63, 3.8) is 0 Å². The maximum Gasteiger partial charge on any atom is 0.0888 e. The van der Waals surface area contributed by atoms with E-state index in [1.807, 2.05) is 18.0 Å². The molecule has 0 aromatic carbocycles. The van der Waals surface area contributed by atoms with Crippen LogP contribution in [0.1, 0.15) is 44.3 Å². The van der Waals surface area contributed by atoms with Gasteiger partial charge in [-0.2, -0.15) is 5.10 Å². The molecule has 1 heterocycles. The van der Waals surface area contributed by atoms with Gasteiger partial charge < -0.3 is 14.8 Å². The highest BCUT2D eigenvalue weighted by Crippen LogP contribution is 2.46. The van der Waals surface area contributed by atoms with Gasteiger partial charge in [-0.25, -0.2) is 0 Å². The van der Waals surface area contributed by atoms with Crippen molar-refractivity contribution in [2.75, 3.05) is 27.4 Å². The molecule has 0 bridgehead atoms. The molecule has 2 rings (SSSR count). The monoisotopic (exact) mass is 359 g/mol. The van der Waals surface area contributed by atoms with E-state index < -0.39 is 0 Å². The summed E-state index contributed by atoms with van der Waals surface area (Å²) in [5.41, 5.74) is 1.06. The Hall–Kier alpha value is -0.430. The zero-order chi connectivity index (χ0) is 15.3. The van der Waals surface area contributed by atoms with E-state index in [9.17, 15) is 0 Å². The van der Waals surface area contributed by atoms with E-state index in [-0.39, 0.29) is 11.6 Å². The predicted molar refractivity (Wildman–Crippen MR) is 86.4 cm³/mol. The molecule has 1 unspecified atom stereocenters. The van der Waals surface area contributed by atoms with Gasteiger partial charge in [0.25, 0.3) is 0 Å². The normalized spacial score (nSPS) is 18.5. The van der Waals surface area contributed by atoms with Gasteiger partial charge in [-0.15, -0.1) is 0 Å². The number of rotatable bonds is 9. The highest BCUT2D eigenvalue weighted by Gasteiger charge is 2.46. The van der Waals surface area contributed by atoms with E-state index in [0.29, 0.717) is 6.61 Å². The number of ether oxygens (including phenoxy) is 2. The van der Waals surface area contributed by atoms with Gasteiger partial charge in [0, 0.05) is 14.2 Å². The SMILES string of the molecule is CCCNC(c1c(Br)cnn1CCOC)C1(OC)CCC1. The van der Waals surface area contributed by atoms with E-state index in [4.69, 9.17) is 9.47 Å². The fourth-order valence-electron chi connectivity index (χ4n) is 2.97. The van der Waals surface area contributed by atoms with Gasteiger partial charge >= 0.3 is 0 Å². The van der Waals surface area contributed by atoms with Gasteiger partial charge in [0.05, 0.1) is 41.2 Å². The van der Waals surface area contributed by atoms with Crippen molar-refractivity contribution < 1.29 is 9.47 Å². The second-order valence-electron chi connectivity index (χ2n) is 5.60. The second kappa shape index (κ2) is 7.72. The van der Waals surface area contributed by atoms with Crippen LogP contribution >= 0.6 is 15.9 Å². The molecular weight excluding hydrogens is 334 g/mol. The van der Waals surface area contributed by atoms with Crippen molar-refractivity contribution in [1.29, 1.82) is 0 Å². The third-order valence-corrected chi connectivity index (χ3v) is 4.96. The minimum Gasteiger partial charge on any atom is -0.383 e. The summed E-state index contributed by atoms with van der Waals surface area (Å²) in [5, 5.41) is 8.15. The van der Waals surface area contributed by atoms with Crippen LogP contribution in [0.25, 0.3) is 0 Å². The Labute approximate surface area is 135 Å². The van der Waals surface area contributed by atoms with Gasteiger partial charge in [-0.05, 0) is 48.2 Å². The zero-order valence-electron chi connectivity index (χ0n) is 13.2. The lowest BCUT2D eigenvalue weighted by molar-refractivity contribution is -0.102. The number of methoxy groups -OCH3 is 2. The van der Waals surface area contributed by atoms with Crippen molar-refractivity contribution >= 4 is 15.9 Å². The first kappa shape index (κ1) is 16.9. The lowest BCUT2D eigenvalue weighted by Crippen LogP contribution is -2.51. The number of hydrogen-bond acceptors (Lipinski definition) is 4. The van der Waals surface area contributed by atoms with Gasteiger partial charge in [0.2, 0.25) is 0 Å². The lowest BCUT2D eigenvalue weighted by Gasteiger charge is -2.47. The predicted octanol–water partition coefficient (Wildman–Crippen LogP) is 2.90. The molecule has 1 aromatic rings. The molecule has 5 nitrogen and oxygen atoms in total. The summed E-state index contributed by atoms with van der Waals surface area (Å²) in [4.78, 5) is 0. The summed E-state index contributed by atoms with van der Waals surface area (Å²) >= 11 is 3.66. The third kappa shape index (κ3) is 3.50. The summed E-state index contributed by atoms with van der Waals surface area (Å²) in [6.45, 7) is 4.56. The van der Waals surface area contributed by atoms with Crippen LogP contribution in [0, 0.1) is 0 Å². The molecular formula is C15H26BrN3O2. The molecule has 1 saturated carbocycles. The summed E-state index contributed by atoms with van der Waals surface area (Å²) in [6.07, 6.45) is 6.37. The Morgan fingerprint density at radius 1 is 1.48 bits per heavy atom. The number of aromatic nitrogens is 2. The fourth-order valence-corrected chi connectivity index (χ4v) is 3.50. The molecule has 1 aromatic heterocycles. The molecule has 1 aliphatic carbocycles. The molecule has 21 heavy (non-hydrogen) atoms. The first-order valence-corrected chi connectivity index (χ1v) is 8.46. The number of nitrogens with zero attached hydrogens (tertiary/aromatic N) is 2. The third-order valence-electron chi connectivity index (χ3n) is 4.34. The fraction of sp³-hybridized carbons (Fsp3) is 0.800. The molecule has 0 aliphatic heterocycles. The van der Waals surface area contributed by atoms with E-state index >= 15 is 0 Å². The van der Waals surface area contributed by atoms with Gasteiger partial charge in [-0.3, -0.25) is 4.68 Å². The van der Waals surface area contributed by atoms with E-state index in [2.05, 4.69) is 33.3 Å². The Bertz CT molecular complexity index is 441. The van der Waals surface area contributed by atoms with Crippen molar-refractivity contribution in [2.45, 2.75) is 50.8 Å². The largest absolute Gasteiger partial charge is 0.383 e. The van der Waals surface area contributed by atoms with Crippen LogP contribution < -0.4 is 5.32 Å². The molecule has 0 amide bonds. The topological polar surface area (TPSA) is 48.3 Å². The summed E-state index contributed by atoms with van der Waals surface area (Å²) < 4.78 is 14.2. The summed E-state index contributed by atoms with van der Waals surface area (Å²) in [7, 11) is 3.54. The molecule has 6 heteroatoms. The van der Waals surface area contributed by atoms with Gasteiger partial charge in [0.15, 0.2) is 0 Å². The molecule has 0 radical (unpaired) electrons. The Morgan fingerprint density at radius 2 is 2.24 bits per heavy atom. The number of halogens is 1. The van der Waals surface area contributed by atoms with Crippen LogP contribution in [0.2, 0.25) is 0 Å². The Kier molecular flexibility index (Phi) is 6.22. The van der Waals surface area contributed by atoms with Gasteiger partial charge in [0.1, 0.15) is 0 Å². The summed E-state index contributed by atoms with van der Waals surface area (Å²) in [6, 6.07) is 0.157. The van der Waals surface area contributed by atoms with E-state index in [0.717, 1.165) is 36.8 Å². The molecule has 1 N–H and O–H groups in total. The molecule has 0 spiro atoms. The first-order valence-electron chi connectivity index (χ1n) is 7.67. The van der Waals surface area contributed by atoms with Crippen molar-refractivity contribution in [2.24, 2.45) is 0 Å². The molecule has 1 atom stereocenters. The number of nitrogens with one attached hydrogen (secondary N) is 1. The Morgan fingerprint density at radius 3 is 2.76 bits per heavy atom. The minimum atomic E-state index is -0.109. The maximum absolute atomic E-state index is 5.92. The average molecular weight is 360 g/mol. The van der Waals surface area contributed by atoms with Crippen LogP contribution in [0.5, 0.6) is 0 Å². The van der Waals surface area contributed by atoms with Crippen LogP contribution in [-0.2, 0) is 16.0 Å². The van der Waals surface area contributed by atoms with E-state index in [1.165, 1.54) is 12.1 Å². The Balaban J connectivity index is 2.29. The van der Waals surface area contributed by atoms with Crippen LogP contribution in [0.4, 0.5) is 0 Å². The van der Waals surface area contributed by atoms with E-state index in [1.54, 1.807) is 7.11 Å². The summed E-state index contributed by atoms with van der Waals surface area (Å²) in [5.74, 6) is 0. The molecule has 1 aliphatic rings. The van der Waals surface area contributed by atoms with Crippen molar-refractivity contribution in [3.8, 4) is 0 Å². The highest BCUT2D eigenvalue weighted by atomic mass is 79.9. The highest BCUT2D eigenvalue weighted by molar-refractivity contribution is 9.10.